The Morgan fingerprint density at radius 1 is 0.714 bits per heavy atom. The summed E-state index contributed by atoms with van der Waals surface area (Å²) in [6.45, 7) is 0.481. The fourth-order valence-electron chi connectivity index (χ4n) is 4.16. The summed E-state index contributed by atoms with van der Waals surface area (Å²) in [5, 5.41) is 0. The van der Waals surface area contributed by atoms with Crippen molar-refractivity contribution in [1.29, 1.82) is 0 Å². The molecule has 0 aromatic heterocycles. The molecule has 0 radical (unpaired) electrons. The number of rotatable bonds is 7. The summed E-state index contributed by atoms with van der Waals surface area (Å²) >= 11 is 0. The normalized spacial score (nSPS) is 15.3. The molecule has 6 nitrogen and oxygen atoms in total. The average molecular weight is 462 g/mol. The highest BCUT2D eigenvalue weighted by Gasteiger charge is 2.28. The monoisotopic (exact) mass is 461 g/mol. The Morgan fingerprint density at radius 3 is 2.17 bits per heavy atom. The average Bonchev–Trinajstić information content (AvgIpc) is 2.88. The molecule has 1 unspecified atom stereocenters. The molecule has 0 aliphatic carbocycles. The number of benzene rings is 4. The molecular formula is C29H27N5O. The predicted octanol–water partition coefficient (Wildman–Crippen LogP) is 5.00. The molecule has 1 aliphatic heterocycles. The van der Waals surface area contributed by atoms with Crippen LogP contribution in [-0.2, 0) is 13.0 Å². The second-order valence-electron chi connectivity index (χ2n) is 8.38. The minimum atomic E-state index is -0.459. The molecule has 0 spiro atoms. The first-order valence-corrected chi connectivity index (χ1v) is 11.5. The maximum atomic E-state index is 6.39. The van der Waals surface area contributed by atoms with Gasteiger partial charge in [-0.15, -0.1) is 0 Å². The van der Waals surface area contributed by atoms with Gasteiger partial charge in [-0.2, -0.15) is 4.99 Å². The van der Waals surface area contributed by atoms with Crippen molar-refractivity contribution in [3.63, 3.8) is 0 Å². The third-order valence-corrected chi connectivity index (χ3v) is 5.82. The predicted molar refractivity (Wildman–Crippen MR) is 141 cm³/mol. The van der Waals surface area contributed by atoms with E-state index in [1.165, 1.54) is 11.1 Å². The van der Waals surface area contributed by atoms with Crippen molar-refractivity contribution < 1.29 is 4.74 Å². The smallest absolute Gasteiger partial charge is 0.221 e. The van der Waals surface area contributed by atoms with Crippen molar-refractivity contribution in [2.45, 2.75) is 19.2 Å². The molecule has 0 fully saturated rings. The largest absolute Gasteiger partial charge is 0.489 e. The van der Waals surface area contributed by atoms with E-state index in [4.69, 9.17) is 16.2 Å². The highest BCUT2D eigenvalue weighted by atomic mass is 16.5. The minimum absolute atomic E-state index is 0.153. The molecule has 35 heavy (non-hydrogen) atoms. The van der Waals surface area contributed by atoms with Gasteiger partial charge in [0.1, 0.15) is 12.4 Å². The molecule has 1 aliphatic rings. The van der Waals surface area contributed by atoms with Gasteiger partial charge in [0.25, 0.3) is 0 Å². The van der Waals surface area contributed by atoms with Crippen LogP contribution >= 0.6 is 0 Å². The molecule has 4 aromatic rings. The standard InChI is InChI=1S/C29H27N5O/c30-28-32-27(24-14-8-16-26(19-24)35-20-22-11-5-2-6-12-22)34(29(31)33-28)25-15-7-13-23(18-25)17-21-9-3-1-4-10-21/h1-16,18-19,27H,17,20H2,(H4,30,31,32,33). The summed E-state index contributed by atoms with van der Waals surface area (Å²) in [4.78, 5) is 10.8. The highest BCUT2D eigenvalue weighted by molar-refractivity contribution is 6.04. The van der Waals surface area contributed by atoms with Crippen molar-refractivity contribution in [3.8, 4) is 5.75 Å². The van der Waals surface area contributed by atoms with Crippen molar-refractivity contribution in [2.75, 3.05) is 4.90 Å². The van der Waals surface area contributed by atoms with Crippen molar-refractivity contribution >= 4 is 17.6 Å². The molecule has 4 aromatic carbocycles. The topological polar surface area (TPSA) is 89.2 Å². The zero-order valence-corrected chi connectivity index (χ0v) is 19.3. The molecule has 0 bridgehead atoms. The fraction of sp³-hybridized carbons (Fsp3) is 0.103. The van der Waals surface area contributed by atoms with Crippen LogP contribution in [0, 0.1) is 0 Å². The number of hydrogen-bond donors (Lipinski definition) is 2. The Labute approximate surface area is 205 Å². The Hall–Kier alpha value is -4.58. The first kappa shape index (κ1) is 22.2. The molecule has 174 valence electrons. The summed E-state index contributed by atoms with van der Waals surface area (Å²) in [6, 6.07) is 36.6. The SMILES string of the molecule is NC1=NC(c2cccc(OCc3ccccc3)c2)N(c2cccc(Cc3ccccc3)c2)C(N)=N1. The second kappa shape index (κ2) is 10.1. The first-order valence-electron chi connectivity index (χ1n) is 11.5. The number of nitrogens with two attached hydrogens (primary N) is 2. The fourth-order valence-corrected chi connectivity index (χ4v) is 4.16. The summed E-state index contributed by atoms with van der Waals surface area (Å²) in [7, 11) is 0. The van der Waals surface area contributed by atoms with Crippen LogP contribution in [0.4, 0.5) is 5.69 Å². The summed E-state index contributed by atoms with van der Waals surface area (Å²) in [5.41, 5.74) is 17.7. The third-order valence-electron chi connectivity index (χ3n) is 5.82. The molecule has 6 heteroatoms. The van der Waals surface area contributed by atoms with Crippen molar-refractivity contribution in [3.05, 3.63) is 131 Å². The lowest BCUT2D eigenvalue weighted by Crippen LogP contribution is -2.44. The van der Waals surface area contributed by atoms with E-state index in [2.05, 4.69) is 46.4 Å². The lowest BCUT2D eigenvalue weighted by Gasteiger charge is -2.33. The van der Waals surface area contributed by atoms with Crippen LogP contribution in [0.15, 0.2) is 119 Å². The first-order chi connectivity index (χ1) is 17.2. The van der Waals surface area contributed by atoms with Crippen molar-refractivity contribution in [2.24, 2.45) is 21.5 Å². The van der Waals surface area contributed by atoms with E-state index in [1.54, 1.807) is 0 Å². The van der Waals surface area contributed by atoms with Gasteiger partial charge >= 0.3 is 0 Å². The van der Waals surface area contributed by atoms with Crippen LogP contribution < -0.4 is 21.1 Å². The van der Waals surface area contributed by atoms with Crippen LogP contribution in [0.2, 0.25) is 0 Å². The van der Waals surface area contributed by atoms with E-state index >= 15 is 0 Å². The Kier molecular flexibility index (Phi) is 6.44. The third kappa shape index (κ3) is 5.33. The number of hydrogen-bond acceptors (Lipinski definition) is 6. The lowest BCUT2D eigenvalue weighted by atomic mass is 10.0. The van der Waals surface area contributed by atoms with Crippen LogP contribution in [-0.4, -0.2) is 11.9 Å². The maximum Gasteiger partial charge on any atom is 0.221 e. The van der Waals surface area contributed by atoms with Gasteiger partial charge in [0.2, 0.25) is 11.9 Å². The molecule has 0 amide bonds. The summed E-state index contributed by atoms with van der Waals surface area (Å²) in [5.74, 6) is 1.20. The second-order valence-corrected chi connectivity index (χ2v) is 8.38. The Bertz CT molecular complexity index is 1350. The van der Waals surface area contributed by atoms with E-state index in [9.17, 15) is 0 Å². The summed E-state index contributed by atoms with van der Waals surface area (Å²) < 4.78 is 6.04. The zero-order valence-electron chi connectivity index (χ0n) is 19.3. The molecule has 5 rings (SSSR count). The van der Waals surface area contributed by atoms with Gasteiger partial charge in [0.15, 0.2) is 6.17 Å². The minimum Gasteiger partial charge on any atom is -0.489 e. The zero-order chi connectivity index (χ0) is 24.0. The van der Waals surface area contributed by atoms with Crippen LogP contribution in [0.3, 0.4) is 0 Å². The lowest BCUT2D eigenvalue weighted by molar-refractivity contribution is 0.305. The van der Waals surface area contributed by atoms with Gasteiger partial charge in [-0.3, -0.25) is 4.90 Å². The molecule has 0 saturated heterocycles. The molecule has 1 heterocycles. The summed E-state index contributed by atoms with van der Waals surface area (Å²) in [6.07, 6.45) is 0.359. The van der Waals surface area contributed by atoms with E-state index in [1.807, 2.05) is 77.7 Å². The van der Waals surface area contributed by atoms with Gasteiger partial charge in [0.05, 0.1) is 0 Å². The molecule has 0 saturated carbocycles. The number of guanidine groups is 2. The van der Waals surface area contributed by atoms with Gasteiger partial charge in [-0.25, -0.2) is 4.99 Å². The number of aliphatic imine (C=N–C) groups is 2. The van der Waals surface area contributed by atoms with Crippen LogP contribution in [0.1, 0.15) is 28.4 Å². The number of nitrogens with zero attached hydrogens (tertiary/aromatic N) is 3. The van der Waals surface area contributed by atoms with E-state index in [-0.39, 0.29) is 5.96 Å². The van der Waals surface area contributed by atoms with E-state index < -0.39 is 6.17 Å². The molecule has 1 atom stereocenters. The Balaban J connectivity index is 1.42. The maximum absolute atomic E-state index is 6.39. The van der Waals surface area contributed by atoms with E-state index in [0.717, 1.165) is 29.0 Å². The molecular weight excluding hydrogens is 434 g/mol. The van der Waals surface area contributed by atoms with Gasteiger partial charge in [-0.1, -0.05) is 84.9 Å². The number of anilines is 1. The quantitative estimate of drug-likeness (QED) is 0.405. The van der Waals surface area contributed by atoms with Crippen molar-refractivity contribution in [1.82, 2.24) is 0 Å². The van der Waals surface area contributed by atoms with Crippen LogP contribution in [0.25, 0.3) is 0 Å². The van der Waals surface area contributed by atoms with E-state index in [0.29, 0.717) is 12.6 Å². The highest BCUT2D eigenvalue weighted by Crippen LogP contribution is 2.33. The molecule has 4 N–H and O–H groups in total. The van der Waals surface area contributed by atoms with Gasteiger partial charge < -0.3 is 16.2 Å². The van der Waals surface area contributed by atoms with Gasteiger partial charge in [-0.05, 0) is 47.4 Å². The van der Waals surface area contributed by atoms with Gasteiger partial charge in [0, 0.05) is 11.3 Å². The Morgan fingerprint density at radius 2 is 1.40 bits per heavy atom. The number of ether oxygens (including phenoxy) is 1. The van der Waals surface area contributed by atoms with Crippen LogP contribution in [0.5, 0.6) is 5.75 Å².